The first-order chi connectivity index (χ1) is 7.59. The predicted molar refractivity (Wildman–Crippen MR) is 67.4 cm³/mol. The van der Waals surface area contributed by atoms with Crippen LogP contribution in [0.4, 0.5) is 5.69 Å². The summed E-state index contributed by atoms with van der Waals surface area (Å²) in [7, 11) is 0. The number of hydrogen-bond donors (Lipinski definition) is 2. The molecule has 0 radical (unpaired) electrons. The molecule has 0 saturated carbocycles. The fourth-order valence-corrected chi connectivity index (χ4v) is 1.75. The van der Waals surface area contributed by atoms with Gasteiger partial charge in [-0.05, 0) is 37.3 Å². The van der Waals surface area contributed by atoms with Gasteiger partial charge in [0.2, 0.25) is 0 Å². The van der Waals surface area contributed by atoms with Gasteiger partial charge in [-0.15, -0.1) is 0 Å². The van der Waals surface area contributed by atoms with Crippen molar-refractivity contribution >= 4 is 17.9 Å². The first kappa shape index (κ1) is 10.7. The first-order valence-corrected chi connectivity index (χ1v) is 5.27. The summed E-state index contributed by atoms with van der Waals surface area (Å²) in [6.07, 6.45) is 1.84. The van der Waals surface area contributed by atoms with Crippen molar-refractivity contribution in [1.29, 1.82) is 0 Å². The smallest absolute Gasteiger partial charge is 0.153 e. The molecule has 0 atom stereocenters. The van der Waals surface area contributed by atoms with Gasteiger partial charge >= 0.3 is 0 Å². The molecule has 1 aromatic carbocycles. The summed E-state index contributed by atoms with van der Waals surface area (Å²) in [5, 5.41) is 9.75. The SMILES string of the molecule is Cc1c(O)c(=S)ccn1-c1ccc(N)cc1. The molecule has 3 nitrogen and oxygen atoms in total. The van der Waals surface area contributed by atoms with E-state index >= 15 is 0 Å². The molecule has 16 heavy (non-hydrogen) atoms. The second kappa shape index (κ2) is 3.98. The van der Waals surface area contributed by atoms with E-state index in [1.165, 1.54) is 0 Å². The van der Waals surface area contributed by atoms with Crippen LogP contribution in [0, 0.1) is 11.4 Å². The Hall–Kier alpha value is -1.81. The summed E-state index contributed by atoms with van der Waals surface area (Å²) >= 11 is 4.99. The fraction of sp³-hybridized carbons (Fsp3) is 0.0833. The second-order valence-electron chi connectivity index (χ2n) is 3.58. The topological polar surface area (TPSA) is 51.2 Å². The molecule has 2 rings (SSSR count). The summed E-state index contributed by atoms with van der Waals surface area (Å²) in [5.41, 5.74) is 8.00. The molecule has 0 amide bonds. The van der Waals surface area contributed by atoms with E-state index < -0.39 is 0 Å². The molecular weight excluding hydrogens is 220 g/mol. The van der Waals surface area contributed by atoms with Crippen molar-refractivity contribution in [3.05, 3.63) is 46.7 Å². The van der Waals surface area contributed by atoms with Gasteiger partial charge in [-0.2, -0.15) is 0 Å². The van der Waals surface area contributed by atoms with E-state index in [0.29, 0.717) is 10.2 Å². The summed E-state index contributed by atoms with van der Waals surface area (Å²) in [6.45, 7) is 1.82. The number of aromatic hydroxyl groups is 1. The van der Waals surface area contributed by atoms with Crippen LogP contribution < -0.4 is 5.73 Å². The van der Waals surface area contributed by atoms with E-state index in [1.807, 2.05) is 42.0 Å². The van der Waals surface area contributed by atoms with Crippen LogP contribution >= 0.6 is 12.2 Å². The van der Waals surface area contributed by atoms with E-state index in [-0.39, 0.29) is 5.75 Å². The van der Waals surface area contributed by atoms with Crippen molar-refractivity contribution in [2.24, 2.45) is 0 Å². The van der Waals surface area contributed by atoms with Crippen LogP contribution in [0.15, 0.2) is 36.5 Å². The number of hydrogen-bond acceptors (Lipinski definition) is 3. The van der Waals surface area contributed by atoms with E-state index in [4.69, 9.17) is 18.0 Å². The third-order valence-electron chi connectivity index (χ3n) is 2.48. The van der Waals surface area contributed by atoms with Gasteiger partial charge in [0.25, 0.3) is 0 Å². The third-order valence-corrected chi connectivity index (χ3v) is 2.81. The summed E-state index contributed by atoms with van der Waals surface area (Å²) in [6, 6.07) is 9.13. The maximum absolute atomic E-state index is 9.75. The van der Waals surface area contributed by atoms with E-state index in [2.05, 4.69) is 0 Å². The zero-order chi connectivity index (χ0) is 11.7. The van der Waals surface area contributed by atoms with Crippen LogP contribution in [0.25, 0.3) is 5.69 Å². The van der Waals surface area contributed by atoms with E-state index in [0.717, 1.165) is 11.4 Å². The summed E-state index contributed by atoms with van der Waals surface area (Å²) in [4.78, 5) is 0. The van der Waals surface area contributed by atoms with Crippen LogP contribution in [-0.2, 0) is 0 Å². The molecule has 0 aliphatic heterocycles. The number of nitrogen functional groups attached to an aromatic ring is 1. The van der Waals surface area contributed by atoms with Gasteiger partial charge in [0.15, 0.2) is 5.75 Å². The zero-order valence-corrected chi connectivity index (χ0v) is 9.66. The summed E-state index contributed by atoms with van der Waals surface area (Å²) in [5.74, 6) is 0.148. The maximum Gasteiger partial charge on any atom is 0.153 e. The van der Waals surface area contributed by atoms with Crippen molar-refractivity contribution in [1.82, 2.24) is 4.57 Å². The quantitative estimate of drug-likeness (QED) is 0.587. The van der Waals surface area contributed by atoms with Crippen LogP contribution in [0.1, 0.15) is 5.69 Å². The highest BCUT2D eigenvalue weighted by atomic mass is 32.1. The lowest BCUT2D eigenvalue weighted by atomic mass is 10.2. The molecule has 4 heteroatoms. The lowest BCUT2D eigenvalue weighted by Gasteiger charge is -2.12. The van der Waals surface area contributed by atoms with E-state index in [9.17, 15) is 5.11 Å². The predicted octanol–water partition coefficient (Wildman–Crippen LogP) is 2.80. The van der Waals surface area contributed by atoms with Gasteiger partial charge < -0.3 is 15.4 Å². The van der Waals surface area contributed by atoms with Crippen LogP contribution in [-0.4, -0.2) is 9.67 Å². The molecule has 0 spiro atoms. The van der Waals surface area contributed by atoms with Crippen LogP contribution in [0.2, 0.25) is 0 Å². The lowest BCUT2D eigenvalue weighted by molar-refractivity contribution is 0.463. The Labute approximate surface area is 98.8 Å². The van der Waals surface area contributed by atoms with Gasteiger partial charge in [-0.1, -0.05) is 12.2 Å². The van der Waals surface area contributed by atoms with Gasteiger partial charge in [-0.3, -0.25) is 0 Å². The minimum absolute atomic E-state index is 0.148. The standard InChI is InChI=1S/C12H12N2OS/c1-8-12(15)11(16)6-7-14(8)10-4-2-9(13)3-5-10/h2-7,15H,13H2,1H3. The largest absolute Gasteiger partial charge is 0.505 e. The van der Waals surface area contributed by atoms with Gasteiger partial charge in [0, 0.05) is 17.6 Å². The van der Waals surface area contributed by atoms with Crippen molar-refractivity contribution in [3.63, 3.8) is 0 Å². The molecule has 0 aliphatic rings. The normalized spacial score (nSPS) is 10.3. The Kier molecular flexibility index (Phi) is 2.66. The van der Waals surface area contributed by atoms with Crippen molar-refractivity contribution in [2.45, 2.75) is 6.92 Å². The highest BCUT2D eigenvalue weighted by Crippen LogP contribution is 2.21. The first-order valence-electron chi connectivity index (χ1n) is 4.87. The van der Waals surface area contributed by atoms with Crippen molar-refractivity contribution in [3.8, 4) is 11.4 Å². The van der Waals surface area contributed by atoms with Gasteiger partial charge in [0.05, 0.1) is 10.2 Å². The van der Waals surface area contributed by atoms with Crippen LogP contribution in [0.5, 0.6) is 5.75 Å². The third kappa shape index (κ3) is 1.79. The number of rotatable bonds is 1. The van der Waals surface area contributed by atoms with Crippen molar-refractivity contribution < 1.29 is 5.11 Å². The molecule has 0 fully saturated rings. The summed E-state index contributed by atoms with van der Waals surface area (Å²) < 4.78 is 2.33. The maximum atomic E-state index is 9.75. The number of nitrogens with two attached hydrogens (primary N) is 1. The van der Waals surface area contributed by atoms with Gasteiger partial charge in [0.1, 0.15) is 0 Å². The average Bonchev–Trinajstić information content (AvgIpc) is 2.28. The highest BCUT2D eigenvalue weighted by Gasteiger charge is 2.04. The zero-order valence-electron chi connectivity index (χ0n) is 8.84. The molecular formula is C12H12N2OS. The Morgan fingerprint density at radius 3 is 2.44 bits per heavy atom. The molecule has 3 N–H and O–H groups in total. The molecule has 0 bridgehead atoms. The van der Waals surface area contributed by atoms with Crippen molar-refractivity contribution in [2.75, 3.05) is 5.73 Å². The number of pyridine rings is 1. The monoisotopic (exact) mass is 232 g/mol. The number of benzene rings is 1. The average molecular weight is 232 g/mol. The molecule has 1 aromatic heterocycles. The molecule has 2 aromatic rings. The minimum Gasteiger partial charge on any atom is -0.505 e. The Morgan fingerprint density at radius 2 is 1.81 bits per heavy atom. The van der Waals surface area contributed by atoms with E-state index in [1.54, 1.807) is 6.07 Å². The molecule has 0 aliphatic carbocycles. The second-order valence-corrected chi connectivity index (χ2v) is 4.02. The minimum atomic E-state index is 0.148. The number of aromatic nitrogens is 1. The Bertz CT molecular complexity index is 573. The highest BCUT2D eigenvalue weighted by molar-refractivity contribution is 7.71. The number of anilines is 1. The van der Waals surface area contributed by atoms with Gasteiger partial charge in [-0.25, -0.2) is 0 Å². The number of nitrogens with zero attached hydrogens (tertiary/aromatic N) is 1. The molecule has 0 unspecified atom stereocenters. The van der Waals surface area contributed by atoms with Crippen LogP contribution in [0.3, 0.4) is 0 Å². The Morgan fingerprint density at radius 1 is 1.19 bits per heavy atom. The molecule has 1 heterocycles. The lowest BCUT2D eigenvalue weighted by Crippen LogP contribution is -2.00. The fourth-order valence-electron chi connectivity index (χ4n) is 1.54. The Balaban J connectivity index is 2.61. The molecule has 82 valence electrons. The molecule has 0 saturated heterocycles.